The second kappa shape index (κ2) is 5.49. The van der Waals surface area contributed by atoms with E-state index in [4.69, 9.17) is 0 Å². The van der Waals surface area contributed by atoms with Crippen molar-refractivity contribution in [3.63, 3.8) is 0 Å². The van der Waals surface area contributed by atoms with Gasteiger partial charge in [0.2, 0.25) is 0 Å². The van der Waals surface area contributed by atoms with Gasteiger partial charge >= 0.3 is 0 Å². The average Bonchev–Trinajstić information content (AvgIpc) is 2.40. The molecule has 4 nitrogen and oxygen atoms in total. The molecule has 0 bridgehead atoms. The fourth-order valence-electron chi connectivity index (χ4n) is 1.44. The number of pyridine rings is 1. The average molecular weight is 347 g/mol. The van der Waals surface area contributed by atoms with E-state index in [-0.39, 0.29) is 5.69 Å². The molecule has 0 fully saturated rings. The first-order chi connectivity index (χ1) is 9.40. The summed E-state index contributed by atoms with van der Waals surface area (Å²) < 4.78 is 39.7. The van der Waals surface area contributed by atoms with Crippen molar-refractivity contribution in [3.8, 4) is 0 Å². The van der Waals surface area contributed by atoms with Gasteiger partial charge in [-0.25, -0.2) is 13.2 Å². The quantitative estimate of drug-likeness (QED) is 0.821. The van der Waals surface area contributed by atoms with Crippen molar-refractivity contribution in [2.45, 2.75) is 0 Å². The van der Waals surface area contributed by atoms with Crippen LogP contribution in [0.3, 0.4) is 0 Å². The van der Waals surface area contributed by atoms with Gasteiger partial charge in [-0.2, -0.15) is 0 Å². The third-order valence-corrected chi connectivity index (χ3v) is 2.85. The Kier molecular flexibility index (Phi) is 3.93. The summed E-state index contributed by atoms with van der Waals surface area (Å²) in [6, 6.07) is 2.70. The van der Waals surface area contributed by atoms with Gasteiger partial charge in [-0.3, -0.25) is 9.59 Å². The van der Waals surface area contributed by atoms with Crippen molar-refractivity contribution in [1.29, 1.82) is 0 Å². The molecular weight excluding hydrogens is 341 g/mol. The maximum absolute atomic E-state index is 13.4. The van der Waals surface area contributed by atoms with E-state index in [0.717, 1.165) is 6.07 Å². The normalized spacial score (nSPS) is 10.4. The van der Waals surface area contributed by atoms with Crippen LogP contribution in [0.5, 0.6) is 0 Å². The lowest BCUT2D eigenvalue weighted by molar-refractivity contribution is 0.102. The Morgan fingerprint density at radius 2 is 1.90 bits per heavy atom. The number of H-pyrrole nitrogens is 1. The van der Waals surface area contributed by atoms with E-state index in [1.54, 1.807) is 0 Å². The summed E-state index contributed by atoms with van der Waals surface area (Å²) in [4.78, 5) is 25.5. The van der Waals surface area contributed by atoms with Crippen molar-refractivity contribution in [1.82, 2.24) is 4.98 Å². The van der Waals surface area contributed by atoms with Crippen LogP contribution in [0.2, 0.25) is 0 Å². The van der Waals surface area contributed by atoms with E-state index >= 15 is 0 Å². The van der Waals surface area contributed by atoms with Crippen molar-refractivity contribution in [2.24, 2.45) is 0 Å². The smallest absolute Gasteiger partial charge is 0.271 e. The van der Waals surface area contributed by atoms with Crippen LogP contribution < -0.4 is 10.9 Å². The molecule has 104 valence electrons. The number of carbonyl (C=O) groups excluding carboxylic acids is 1. The molecule has 0 aliphatic heterocycles. The first kappa shape index (κ1) is 14.3. The lowest BCUT2D eigenvalue weighted by Gasteiger charge is -2.06. The highest BCUT2D eigenvalue weighted by molar-refractivity contribution is 9.10. The molecule has 20 heavy (non-hydrogen) atoms. The van der Waals surface area contributed by atoms with Gasteiger partial charge in [-0.05, 0) is 34.1 Å². The van der Waals surface area contributed by atoms with Crippen molar-refractivity contribution >= 4 is 27.5 Å². The third-order valence-electron chi connectivity index (χ3n) is 2.40. The van der Waals surface area contributed by atoms with Crippen LogP contribution in [0.15, 0.2) is 33.7 Å². The molecule has 2 aromatic rings. The zero-order chi connectivity index (χ0) is 14.9. The summed E-state index contributed by atoms with van der Waals surface area (Å²) in [6.07, 6.45) is 1.34. The van der Waals surface area contributed by atoms with Crippen molar-refractivity contribution in [2.75, 3.05) is 5.32 Å². The number of carbonyl (C=O) groups is 1. The molecule has 0 saturated carbocycles. The number of hydrogen-bond acceptors (Lipinski definition) is 2. The minimum absolute atomic E-state index is 0.159. The lowest BCUT2D eigenvalue weighted by atomic mass is 10.2. The molecule has 1 aromatic carbocycles. The van der Waals surface area contributed by atoms with E-state index < -0.39 is 34.5 Å². The van der Waals surface area contributed by atoms with Crippen LogP contribution in [0.25, 0.3) is 0 Å². The Bertz CT molecular complexity index is 746. The highest BCUT2D eigenvalue weighted by Gasteiger charge is 2.19. The van der Waals surface area contributed by atoms with Crippen molar-refractivity contribution < 1.29 is 18.0 Å². The van der Waals surface area contributed by atoms with E-state index in [1.165, 1.54) is 12.3 Å². The number of rotatable bonds is 2. The second-order valence-corrected chi connectivity index (χ2v) is 4.65. The molecule has 2 rings (SSSR count). The number of amides is 1. The zero-order valence-electron chi connectivity index (χ0n) is 9.64. The predicted octanol–water partition coefficient (Wildman–Crippen LogP) is 2.81. The highest BCUT2D eigenvalue weighted by Crippen LogP contribution is 2.17. The summed E-state index contributed by atoms with van der Waals surface area (Å²) in [5, 5.41) is 2.11. The molecule has 0 atom stereocenters. The van der Waals surface area contributed by atoms with E-state index in [0.29, 0.717) is 10.5 Å². The Morgan fingerprint density at radius 3 is 2.60 bits per heavy atom. The van der Waals surface area contributed by atoms with Gasteiger partial charge < -0.3 is 10.3 Å². The summed E-state index contributed by atoms with van der Waals surface area (Å²) >= 11 is 3.07. The van der Waals surface area contributed by atoms with Crippen LogP contribution in [0.4, 0.5) is 18.9 Å². The maximum Gasteiger partial charge on any atom is 0.271 e. The SMILES string of the molecule is O=C(Nc1cc(Br)c[nH]c1=O)c1ccc(F)c(F)c1F. The predicted molar refractivity (Wildman–Crippen MR) is 69.0 cm³/mol. The van der Waals surface area contributed by atoms with E-state index in [9.17, 15) is 22.8 Å². The molecule has 0 spiro atoms. The molecule has 1 heterocycles. The van der Waals surface area contributed by atoms with Crippen LogP contribution in [-0.4, -0.2) is 10.9 Å². The van der Waals surface area contributed by atoms with E-state index in [2.05, 4.69) is 26.2 Å². The summed E-state index contributed by atoms with van der Waals surface area (Å²) in [5.41, 5.74) is -1.48. The molecule has 8 heteroatoms. The number of aromatic nitrogens is 1. The van der Waals surface area contributed by atoms with Gasteiger partial charge in [-0.1, -0.05) is 0 Å². The number of nitrogens with one attached hydrogen (secondary N) is 2. The largest absolute Gasteiger partial charge is 0.326 e. The standard InChI is InChI=1S/C12H6BrF3N2O2/c13-5-3-8(12(20)17-4-5)18-11(19)6-1-2-7(14)10(16)9(6)15/h1-4H,(H,17,20)(H,18,19). The number of benzene rings is 1. The summed E-state index contributed by atoms with van der Waals surface area (Å²) in [5.74, 6) is -5.83. The molecule has 2 N–H and O–H groups in total. The molecule has 1 aromatic heterocycles. The van der Waals surface area contributed by atoms with Crippen LogP contribution in [-0.2, 0) is 0 Å². The second-order valence-electron chi connectivity index (χ2n) is 3.74. The fourth-order valence-corrected chi connectivity index (χ4v) is 1.78. The molecule has 0 unspecified atom stereocenters. The fraction of sp³-hybridized carbons (Fsp3) is 0. The summed E-state index contributed by atoms with van der Waals surface area (Å²) in [6.45, 7) is 0. The van der Waals surface area contributed by atoms with Gasteiger partial charge in [0.25, 0.3) is 11.5 Å². The van der Waals surface area contributed by atoms with Crippen LogP contribution >= 0.6 is 15.9 Å². The minimum Gasteiger partial charge on any atom is -0.326 e. The molecule has 1 amide bonds. The Labute approximate surface area is 118 Å². The van der Waals surface area contributed by atoms with Gasteiger partial charge in [0.05, 0.1) is 5.56 Å². The zero-order valence-corrected chi connectivity index (χ0v) is 11.2. The van der Waals surface area contributed by atoms with Crippen molar-refractivity contribution in [3.05, 3.63) is 62.2 Å². The topological polar surface area (TPSA) is 62.0 Å². The Balaban J connectivity index is 2.36. The van der Waals surface area contributed by atoms with E-state index in [1.807, 2.05) is 0 Å². The Hall–Kier alpha value is -2.09. The molecular formula is C12H6BrF3N2O2. The molecule has 0 aliphatic rings. The number of aromatic amines is 1. The monoisotopic (exact) mass is 346 g/mol. The highest BCUT2D eigenvalue weighted by atomic mass is 79.9. The van der Waals surface area contributed by atoms with Crippen LogP contribution in [0, 0.1) is 17.5 Å². The first-order valence-electron chi connectivity index (χ1n) is 5.23. The minimum atomic E-state index is -1.75. The number of hydrogen-bond donors (Lipinski definition) is 2. The van der Waals surface area contributed by atoms with Gasteiger partial charge in [0, 0.05) is 10.7 Å². The lowest BCUT2D eigenvalue weighted by Crippen LogP contribution is -2.21. The van der Waals surface area contributed by atoms with Gasteiger partial charge in [0.15, 0.2) is 17.5 Å². The summed E-state index contributed by atoms with van der Waals surface area (Å²) in [7, 11) is 0. The first-order valence-corrected chi connectivity index (χ1v) is 6.02. The maximum atomic E-state index is 13.4. The van der Waals surface area contributed by atoms with Gasteiger partial charge in [-0.15, -0.1) is 0 Å². The molecule has 0 radical (unpaired) electrons. The third kappa shape index (κ3) is 2.74. The number of halogens is 4. The Morgan fingerprint density at radius 1 is 1.20 bits per heavy atom. The van der Waals surface area contributed by atoms with Gasteiger partial charge in [0.1, 0.15) is 5.69 Å². The number of anilines is 1. The van der Waals surface area contributed by atoms with Crippen LogP contribution in [0.1, 0.15) is 10.4 Å². The molecule has 0 aliphatic carbocycles. The molecule has 0 saturated heterocycles.